The molecule has 3 heteroatoms. The number of carbonyl (C=O) groups is 1. The third kappa shape index (κ3) is 3.72. The summed E-state index contributed by atoms with van der Waals surface area (Å²) in [6.45, 7) is 5.30. The molecule has 0 radical (unpaired) electrons. The summed E-state index contributed by atoms with van der Waals surface area (Å²) in [5.41, 5.74) is 7.17. The van der Waals surface area contributed by atoms with Crippen molar-refractivity contribution < 1.29 is 4.79 Å². The molecule has 0 saturated heterocycles. The first kappa shape index (κ1) is 11.7. The number of hydrogen-bond acceptors (Lipinski definition) is 2. The van der Waals surface area contributed by atoms with E-state index in [0.29, 0.717) is 24.6 Å². The summed E-state index contributed by atoms with van der Waals surface area (Å²) in [5, 5.41) is 2.87. The van der Waals surface area contributed by atoms with Crippen LogP contribution in [-0.2, 0) is 6.54 Å². The van der Waals surface area contributed by atoms with Crippen LogP contribution in [-0.4, -0.2) is 12.5 Å². The molecule has 3 N–H and O–H groups in total. The van der Waals surface area contributed by atoms with Crippen LogP contribution in [0.25, 0.3) is 0 Å². The van der Waals surface area contributed by atoms with Crippen molar-refractivity contribution in [1.82, 2.24) is 5.32 Å². The molecule has 0 aliphatic heterocycles. The number of carbonyl (C=O) groups excluding carboxylic acids is 1. The van der Waals surface area contributed by atoms with Gasteiger partial charge in [-0.15, -0.1) is 0 Å². The third-order valence-electron chi connectivity index (χ3n) is 2.10. The first-order valence-electron chi connectivity index (χ1n) is 5.20. The van der Waals surface area contributed by atoms with Gasteiger partial charge < -0.3 is 11.1 Å². The topological polar surface area (TPSA) is 55.1 Å². The number of amides is 1. The van der Waals surface area contributed by atoms with E-state index < -0.39 is 0 Å². The molecular weight excluding hydrogens is 188 g/mol. The van der Waals surface area contributed by atoms with Gasteiger partial charge in [0.15, 0.2) is 0 Å². The monoisotopic (exact) mass is 206 g/mol. The summed E-state index contributed by atoms with van der Waals surface area (Å²) in [6, 6.07) is 7.40. The lowest BCUT2D eigenvalue weighted by atomic mass is 10.1. The number of nitrogens with two attached hydrogens (primary N) is 1. The van der Waals surface area contributed by atoms with Crippen LogP contribution in [0.1, 0.15) is 29.8 Å². The van der Waals surface area contributed by atoms with E-state index in [2.05, 4.69) is 19.2 Å². The van der Waals surface area contributed by atoms with Gasteiger partial charge in [-0.3, -0.25) is 4.79 Å². The van der Waals surface area contributed by atoms with Crippen molar-refractivity contribution in [3.8, 4) is 0 Å². The van der Waals surface area contributed by atoms with Gasteiger partial charge in [0.25, 0.3) is 5.91 Å². The SMILES string of the molecule is CC(C)CNC(=O)c1cccc(CN)c1. The van der Waals surface area contributed by atoms with Crippen LogP contribution in [0.3, 0.4) is 0 Å². The molecule has 1 rings (SSSR count). The van der Waals surface area contributed by atoms with E-state index >= 15 is 0 Å². The average molecular weight is 206 g/mol. The fraction of sp³-hybridized carbons (Fsp3) is 0.417. The lowest BCUT2D eigenvalue weighted by Gasteiger charge is -2.08. The number of nitrogens with one attached hydrogen (secondary N) is 1. The summed E-state index contributed by atoms with van der Waals surface area (Å²) in [7, 11) is 0. The standard InChI is InChI=1S/C12H18N2O/c1-9(2)8-14-12(15)11-5-3-4-10(6-11)7-13/h3-6,9H,7-8,13H2,1-2H3,(H,14,15). The van der Waals surface area contributed by atoms with Crippen molar-refractivity contribution >= 4 is 5.91 Å². The van der Waals surface area contributed by atoms with E-state index in [1.807, 2.05) is 18.2 Å². The van der Waals surface area contributed by atoms with Crippen LogP contribution in [0.5, 0.6) is 0 Å². The quantitative estimate of drug-likeness (QED) is 0.785. The number of benzene rings is 1. The van der Waals surface area contributed by atoms with Gasteiger partial charge in [-0.05, 0) is 23.6 Å². The molecule has 1 aromatic carbocycles. The highest BCUT2D eigenvalue weighted by atomic mass is 16.1. The van der Waals surface area contributed by atoms with E-state index in [0.717, 1.165) is 5.56 Å². The Hall–Kier alpha value is -1.35. The predicted octanol–water partition coefficient (Wildman–Crippen LogP) is 1.53. The Balaban J connectivity index is 2.65. The Morgan fingerprint density at radius 2 is 2.20 bits per heavy atom. The van der Waals surface area contributed by atoms with Gasteiger partial charge in [-0.2, -0.15) is 0 Å². The van der Waals surface area contributed by atoms with Gasteiger partial charge in [-0.25, -0.2) is 0 Å². The molecule has 0 unspecified atom stereocenters. The average Bonchev–Trinajstić information content (AvgIpc) is 2.26. The molecule has 0 bridgehead atoms. The third-order valence-corrected chi connectivity index (χ3v) is 2.10. The molecular formula is C12H18N2O. The molecule has 0 atom stereocenters. The minimum atomic E-state index is -0.0287. The summed E-state index contributed by atoms with van der Waals surface area (Å²) < 4.78 is 0. The largest absolute Gasteiger partial charge is 0.352 e. The Morgan fingerprint density at radius 1 is 1.47 bits per heavy atom. The van der Waals surface area contributed by atoms with Crippen LogP contribution < -0.4 is 11.1 Å². The second kappa shape index (κ2) is 5.51. The Kier molecular flexibility index (Phi) is 4.31. The van der Waals surface area contributed by atoms with Gasteiger partial charge in [0.1, 0.15) is 0 Å². The molecule has 0 aromatic heterocycles. The molecule has 82 valence electrons. The number of rotatable bonds is 4. The van der Waals surface area contributed by atoms with E-state index in [1.54, 1.807) is 6.07 Å². The van der Waals surface area contributed by atoms with E-state index in [1.165, 1.54) is 0 Å². The van der Waals surface area contributed by atoms with Crippen molar-refractivity contribution in [3.63, 3.8) is 0 Å². The van der Waals surface area contributed by atoms with Crippen molar-refractivity contribution in [3.05, 3.63) is 35.4 Å². The van der Waals surface area contributed by atoms with Gasteiger partial charge in [0.2, 0.25) is 0 Å². The van der Waals surface area contributed by atoms with Gasteiger partial charge in [-0.1, -0.05) is 26.0 Å². The zero-order chi connectivity index (χ0) is 11.3. The lowest BCUT2D eigenvalue weighted by molar-refractivity contribution is 0.0949. The molecule has 0 heterocycles. The van der Waals surface area contributed by atoms with Crippen LogP contribution in [0.4, 0.5) is 0 Å². The molecule has 15 heavy (non-hydrogen) atoms. The second-order valence-corrected chi connectivity index (χ2v) is 4.01. The van der Waals surface area contributed by atoms with E-state index in [-0.39, 0.29) is 5.91 Å². The Labute approximate surface area is 90.7 Å². The zero-order valence-corrected chi connectivity index (χ0v) is 9.29. The molecule has 0 aliphatic rings. The summed E-state index contributed by atoms with van der Waals surface area (Å²) in [4.78, 5) is 11.7. The van der Waals surface area contributed by atoms with Gasteiger partial charge >= 0.3 is 0 Å². The van der Waals surface area contributed by atoms with E-state index in [4.69, 9.17) is 5.73 Å². The minimum Gasteiger partial charge on any atom is -0.352 e. The van der Waals surface area contributed by atoms with Gasteiger partial charge in [0.05, 0.1) is 0 Å². The molecule has 0 spiro atoms. The van der Waals surface area contributed by atoms with Crippen LogP contribution in [0.2, 0.25) is 0 Å². The molecule has 3 nitrogen and oxygen atoms in total. The predicted molar refractivity (Wildman–Crippen MR) is 61.5 cm³/mol. The molecule has 1 amide bonds. The van der Waals surface area contributed by atoms with Crippen LogP contribution in [0, 0.1) is 5.92 Å². The summed E-state index contributed by atoms with van der Waals surface area (Å²) >= 11 is 0. The van der Waals surface area contributed by atoms with Crippen molar-refractivity contribution in [2.75, 3.05) is 6.54 Å². The fourth-order valence-electron chi connectivity index (χ4n) is 1.24. The van der Waals surface area contributed by atoms with Crippen LogP contribution >= 0.6 is 0 Å². The molecule has 0 aliphatic carbocycles. The van der Waals surface area contributed by atoms with E-state index in [9.17, 15) is 4.79 Å². The highest BCUT2D eigenvalue weighted by Gasteiger charge is 2.05. The highest BCUT2D eigenvalue weighted by molar-refractivity contribution is 5.94. The first-order valence-corrected chi connectivity index (χ1v) is 5.20. The minimum absolute atomic E-state index is 0.0287. The second-order valence-electron chi connectivity index (χ2n) is 4.01. The fourth-order valence-corrected chi connectivity index (χ4v) is 1.24. The lowest BCUT2D eigenvalue weighted by Crippen LogP contribution is -2.27. The Morgan fingerprint density at radius 3 is 2.80 bits per heavy atom. The molecule has 1 aromatic rings. The molecule has 0 fully saturated rings. The van der Waals surface area contributed by atoms with Crippen molar-refractivity contribution in [1.29, 1.82) is 0 Å². The summed E-state index contributed by atoms with van der Waals surface area (Å²) in [6.07, 6.45) is 0. The molecule has 0 saturated carbocycles. The van der Waals surface area contributed by atoms with Crippen LogP contribution in [0.15, 0.2) is 24.3 Å². The van der Waals surface area contributed by atoms with Crippen molar-refractivity contribution in [2.24, 2.45) is 11.7 Å². The number of hydrogen-bond donors (Lipinski definition) is 2. The smallest absolute Gasteiger partial charge is 0.251 e. The Bertz CT molecular complexity index is 334. The normalized spacial score (nSPS) is 10.4. The highest BCUT2D eigenvalue weighted by Crippen LogP contribution is 2.04. The van der Waals surface area contributed by atoms with Crippen molar-refractivity contribution in [2.45, 2.75) is 20.4 Å². The maximum absolute atomic E-state index is 11.7. The summed E-state index contributed by atoms with van der Waals surface area (Å²) in [5.74, 6) is 0.436. The zero-order valence-electron chi connectivity index (χ0n) is 9.29. The van der Waals surface area contributed by atoms with Gasteiger partial charge in [0, 0.05) is 18.7 Å². The maximum Gasteiger partial charge on any atom is 0.251 e. The first-order chi connectivity index (χ1) is 7.13. The maximum atomic E-state index is 11.7.